The maximum absolute atomic E-state index is 6.51. The Balaban J connectivity index is 1.09. The molecule has 1 aliphatic rings. The summed E-state index contributed by atoms with van der Waals surface area (Å²) < 4.78 is 6.51. The van der Waals surface area contributed by atoms with Crippen LogP contribution in [0.15, 0.2) is 205 Å². The number of benzene rings is 8. The average Bonchev–Trinajstić information content (AvgIpc) is 3.80. The summed E-state index contributed by atoms with van der Waals surface area (Å²) in [7, 11) is 0. The summed E-state index contributed by atoms with van der Waals surface area (Å²) in [5, 5.41) is 2.24. The molecule has 0 bridgehead atoms. The standard InChI is InChI=1S/C54H36N2O/c1-54(38-21-6-3-7-22-38)46-30-12-10-26-44(46)51-45(29-16-31-47(51)54)49-34-48(55-53(56-49)35-17-4-2-5-18-35)37-20-14-19-36(33-37)39-23-8-9-24-40(39)42-27-15-28-43-41-25-11-13-32-50(41)57-52(42)43/h2-34H,1H3. The van der Waals surface area contributed by atoms with Crippen molar-refractivity contribution in [2.45, 2.75) is 12.3 Å². The molecule has 1 aliphatic carbocycles. The van der Waals surface area contributed by atoms with E-state index in [1.165, 1.54) is 27.8 Å². The second-order valence-corrected chi connectivity index (χ2v) is 15.0. The fourth-order valence-electron chi connectivity index (χ4n) is 9.06. The normalized spacial score (nSPS) is 14.5. The average molecular weight is 729 g/mol. The Labute approximate surface area is 331 Å². The van der Waals surface area contributed by atoms with Crippen molar-refractivity contribution in [3.63, 3.8) is 0 Å². The lowest BCUT2D eigenvalue weighted by Gasteiger charge is -2.28. The number of aromatic nitrogens is 2. The fourth-order valence-corrected chi connectivity index (χ4v) is 9.06. The van der Waals surface area contributed by atoms with Crippen molar-refractivity contribution in [3.8, 4) is 67.3 Å². The van der Waals surface area contributed by atoms with Crippen LogP contribution >= 0.6 is 0 Å². The van der Waals surface area contributed by atoms with Crippen molar-refractivity contribution >= 4 is 21.9 Å². The van der Waals surface area contributed by atoms with Crippen LogP contribution in [0, 0.1) is 0 Å². The Morgan fingerprint density at radius 2 is 0.982 bits per heavy atom. The summed E-state index contributed by atoms with van der Waals surface area (Å²) in [5.74, 6) is 0.695. The first kappa shape index (κ1) is 33.0. The van der Waals surface area contributed by atoms with E-state index in [1.54, 1.807) is 0 Å². The van der Waals surface area contributed by atoms with Gasteiger partial charge in [0.05, 0.1) is 11.4 Å². The van der Waals surface area contributed by atoms with Gasteiger partial charge in [-0.25, -0.2) is 9.97 Å². The Morgan fingerprint density at radius 3 is 1.84 bits per heavy atom. The monoisotopic (exact) mass is 728 g/mol. The van der Waals surface area contributed by atoms with Gasteiger partial charge < -0.3 is 4.42 Å². The van der Waals surface area contributed by atoms with Crippen molar-refractivity contribution in [2.75, 3.05) is 0 Å². The first-order valence-corrected chi connectivity index (χ1v) is 19.5. The number of hydrogen-bond acceptors (Lipinski definition) is 3. The number of fused-ring (bicyclic) bond motifs is 6. The number of nitrogens with zero attached hydrogens (tertiary/aromatic N) is 2. The van der Waals surface area contributed by atoms with E-state index in [-0.39, 0.29) is 5.41 Å². The quantitative estimate of drug-likeness (QED) is 0.171. The molecule has 57 heavy (non-hydrogen) atoms. The summed E-state index contributed by atoms with van der Waals surface area (Å²) >= 11 is 0. The second kappa shape index (κ2) is 13.1. The molecule has 10 aromatic rings. The highest BCUT2D eigenvalue weighted by molar-refractivity contribution is 6.10. The minimum absolute atomic E-state index is 0.310. The third kappa shape index (κ3) is 5.27. The molecule has 2 aromatic heterocycles. The van der Waals surface area contributed by atoms with Gasteiger partial charge in [0.15, 0.2) is 5.82 Å². The summed E-state index contributed by atoms with van der Waals surface area (Å²) in [6.45, 7) is 2.36. The minimum Gasteiger partial charge on any atom is -0.455 e. The lowest BCUT2D eigenvalue weighted by Crippen LogP contribution is -2.22. The zero-order chi connectivity index (χ0) is 37.9. The number of rotatable bonds is 6. The molecule has 0 amide bonds. The van der Waals surface area contributed by atoms with E-state index >= 15 is 0 Å². The van der Waals surface area contributed by atoms with Crippen LogP contribution < -0.4 is 0 Å². The molecule has 0 aliphatic heterocycles. The number of para-hydroxylation sites is 2. The van der Waals surface area contributed by atoms with Gasteiger partial charge in [0, 0.05) is 38.4 Å². The van der Waals surface area contributed by atoms with Gasteiger partial charge in [-0.15, -0.1) is 0 Å². The van der Waals surface area contributed by atoms with E-state index in [0.29, 0.717) is 5.82 Å². The van der Waals surface area contributed by atoms with Gasteiger partial charge >= 0.3 is 0 Å². The van der Waals surface area contributed by atoms with Gasteiger partial charge in [0.25, 0.3) is 0 Å². The molecule has 3 nitrogen and oxygen atoms in total. The van der Waals surface area contributed by atoms with E-state index in [0.717, 1.165) is 72.3 Å². The lowest BCUT2D eigenvalue weighted by molar-refractivity contribution is 0.670. The maximum Gasteiger partial charge on any atom is 0.160 e. The largest absolute Gasteiger partial charge is 0.455 e. The van der Waals surface area contributed by atoms with Gasteiger partial charge in [-0.05, 0) is 69.6 Å². The van der Waals surface area contributed by atoms with Crippen molar-refractivity contribution in [2.24, 2.45) is 0 Å². The summed E-state index contributed by atoms with van der Waals surface area (Å²) in [6.07, 6.45) is 0. The number of hydrogen-bond donors (Lipinski definition) is 0. The Kier molecular flexibility index (Phi) is 7.61. The maximum atomic E-state index is 6.51. The topological polar surface area (TPSA) is 38.9 Å². The van der Waals surface area contributed by atoms with Crippen LogP contribution in [0.4, 0.5) is 0 Å². The van der Waals surface area contributed by atoms with Crippen LogP contribution in [-0.4, -0.2) is 9.97 Å². The molecule has 268 valence electrons. The third-order valence-electron chi connectivity index (χ3n) is 11.8. The number of furan rings is 1. The molecular formula is C54H36N2O. The van der Waals surface area contributed by atoms with Crippen molar-refractivity contribution in [1.82, 2.24) is 9.97 Å². The summed E-state index contributed by atoms with van der Waals surface area (Å²) in [5.41, 5.74) is 17.1. The molecule has 1 unspecified atom stereocenters. The van der Waals surface area contributed by atoms with Crippen LogP contribution in [0.5, 0.6) is 0 Å². The molecule has 0 saturated heterocycles. The van der Waals surface area contributed by atoms with E-state index in [4.69, 9.17) is 14.4 Å². The summed E-state index contributed by atoms with van der Waals surface area (Å²) in [4.78, 5) is 10.6. The van der Waals surface area contributed by atoms with Crippen LogP contribution in [0.3, 0.4) is 0 Å². The van der Waals surface area contributed by atoms with Gasteiger partial charge in [-0.2, -0.15) is 0 Å². The molecule has 0 radical (unpaired) electrons. The van der Waals surface area contributed by atoms with Gasteiger partial charge in [0.2, 0.25) is 0 Å². The van der Waals surface area contributed by atoms with E-state index in [1.807, 2.05) is 30.3 Å². The Bertz CT molecular complexity index is 3140. The molecule has 0 fully saturated rings. The molecule has 1 atom stereocenters. The predicted octanol–water partition coefficient (Wildman–Crippen LogP) is 14.0. The minimum atomic E-state index is -0.310. The highest BCUT2D eigenvalue weighted by Crippen LogP contribution is 2.55. The van der Waals surface area contributed by atoms with Gasteiger partial charge in [0.1, 0.15) is 11.2 Å². The molecule has 0 N–H and O–H groups in total. The zero-order valence-electron chi connectivity index (χ0n) is 31.4. The predicted molar refractivity (Wildman–Crippen MR) is 234 cm³/mol. The van der Waals surface area contributed by atoms with Crippen molar-refractivity contribution in [1.29, 1.82) is 0 Å². The second-order valence-electron chi connectivity index (χ2n) is 15.0. The molecule has 0 saturated carbocycles. The molecule has 3 heteroatoms. The highest BCUT2D eigenvalue weighted by atomic mass is 16.3. The molecule has 0 spiro atoms. The van der Waals surface area contributed by atoms with Crippen molar-refractivity contribution in [3.05, 3.63) is 217 Å². The van der Waals surface area contributed by atoms with Crippen LogP contribution in [0.1, 0.15) is 23.6 Å². The first-order valence-electron chi connectivity index (χ1n) is 19.5. The van der Waals surface area contributed by atoms with Gasteiger partial charge in [-0.1, -0.05) is 182 Å². The Hall–Kier alpha value is -7.36. The third-order valence-corrected chi connectivity index (χ3v) is 11.8. The molecule has 11 rings (SSSR count). The van der Waals surface area contributed by atoms with Gasteiger partial charge in [-0.3, -0.25) is 0 Å². The van der Waals surface area contributed by atoms with E-state index in [9.17, 15) is 0 Å². The van der Waals surface area contributed by atoms with Crippen LogP contribution in [0.25, 0.3) is 89.2 Å². The molecule has 8 aromatic carbocycles. The molecule has 2 heterocycles. The molecular weight excluding hydrogens is 693 g/mol. The SMILES string of the molecule is CC1(c2ccccc2)c2ccccc2-c2c(-c3cc(-c4cccc(-c5ccccc5-c5cccc6c5oc5ccccc56)c4)nc(-c4ccccc4)n3)cccc21. The first-order chi connectivity index (χ1) is 28.1. The zero-order valence-corrected chi connectivity index (χ0v) is 31.4. The van der Waals surface area contributed by atoms with Crippen molar-refractivity contribution < 1.29 is 4.42 Å². The smallest absolute Gasteiger partial charge is 0.160 e. The van der Waals surface area contributed by atoms with Crippen LogP contribution in [0.2, 0.25) is 0 Å². The lowest BCUT2D eigenvalue weighted by atomic mass is 9.74. The fraction of sp³-hybridized carbons (Fsp3) is 0.0370. The van der Waals surface area contributed by atoms with E-state index < -0.39 is 0 Å². The Morgan fingerprint density at radius 1 is 0.404 bits per heavy atom. The highest BCUT2D eigenvalue weighted by Gasteiger charge is 2.41. The van der Waals surface area contributed by atoms with E-state index in [2.05, 4.69) is 177 Å². The summed E-state index contributed by atoms with van der Waals surface area (Å²) in [6, 6.07) is 70.9. The van der Waals surface area contributed by atoms with Crippen LogP contribution in [-0.2, 0) is 5.41 Å².